The molecule has 1 heterocycles. The molecule has 3 nitrogen and oxygen atoms in total. The van der Waals surface area contributed by atoms with E-state index in [9.17, 15) is 4.79 Å². The molecule has 2 aromatic carbocycles. The topological polar surface area (TPSA) is 33.5 Å². The van der Waals surface area contributed by atoms with Gasteiger partial charge in [0.25, 0.3) is 0 Å². The predicted octanol–water partition coefficient (Wildman–Crippen LogP) is 4.65. The maximum absolute atomic E-state index is 12.2. The number of allylic oxidation sites excluding steroid dienone is 1. The standard InChI is InChI=1S/C18H11IN2O/c1-20-12-4-2-10-6-14-15(13(10)8-12)9-18(22)21-17-5-3-11(19)7-16(14)17/h2-5,7-8H,6,9H2,(H,21,22). The van der Waals surface area contributed by atoms with Gasteiger partial charge in [0, 0.05) is 14.8 Å². The van der Waals surface area contributed by atoms with Crippen molar-refractivity contribution in [1.29, 1.82) is 0 Å². The SMILES string of the molecule is [C-]#[N+]c1ccc2c(c1)C1=C(C2)c2cc(I)ccc2NC(=O)C1. The summed E-state index contributed by atoms with van der Waals surface area (Å²) in [5, 5.41) is 2.99. The molecule has 0 aromatic heterocycles. The third kappa shape index (κ3) is 2.04. The largest absolute Gasteiger partial charge is 0.325 e. The molecule has 0 unspecified atom stereocenters. The van der Waals surface area contributed by atoms with Crippen molar-refractivity contribution >= 4 is 51.0 Å². The first-order valence-electron chi connectivity index (χ1n) is 6.98. The lowest BCUT2D eigenvalue weighted by molar-refractivity contribution is -0.115. The highest BCUT2D eigenvalue weighted by Gasteiger charge is 2.28. The zero-order chi connectivity index (χ0) is 15.3. The first kappa shape index (κ1) is 13.5. The summed E-state index contributed by atoms with van der Waals surface area (Å²) in [5.74, 6) is 0.00789. The average molecular weight is 398 g/mol. The Morgan fingerprint density at radius 2 is 1.86 bits per heavy atom. The Bertz CT molecular complexity index is 906. The van der Waals surface area contributed by atoms with Crippen LogP contribution in [0.5, 0.6) is 0 Å². The van der Waals surface area contributed by atoms with Gasteiger partial charge in [-0.15, -0.1) is 0 Å². The lowest BCUT2D eigenvalue weighted by Crippen LogP contribution is -2.11. The van der Waals surface area contributed by atoms with Gasteiger partial charge in [-0.2, -0.15) is 0 Å². The number of carbonyl (C=O) groups excluding carboxylic acids is 1. The summed E-state index contributed by atoms with van der Waals surface area (Å²) in [6.45, 7) is 7.20. The minimum atomic E-state index is 0.00789. The number of halogens is 1. The van der Waals surface area contributed by atoms with E-state index in [0.717, 1.165) is 32.4 Å². The number of nitrogens with one attached hydrogen (secondary N) is 1. The van der Waals surface area contributed by atoms with Crippen molar-refractivity contribution in [3.05, 3.63) is 68.1 Å². The van der Waals surface area contributed by atoms with Crippen LogP contribution in [0, 0.1) is 10.1 Å². The van der Waals surface area contributed by atoms with Crippen molar-refractivity contribution in [2.45, 2.75) is 12.8 Å². The Kier molecular flexibility index (Phi) is 3.05. The highest BCUT2D eigenvalue weighted by molar-refractivity contribution is 14.1. The molecular formula is C18H11IN2O. The number of carbonyl (C=O) groups is 1. The Morgan fingerprint density at radius 3 is 2.68 bits per heavy atom. The van der Waals surface area contributed by atoms with Gasteiger partial charge < -0.3 is 5.32 Å². The summed E-state index contributed by atoms with van der Waals surface area (Å²) >= 11 is 2.29. The molecule has 2 aliphatic rings. The Hall–Kier alpha value is -2.13. The fourth-order valence-electron chi connectivity index (χ4n) is 3.22. The molecule has 1 amide bonds. The molecule has 22 heavy (non-hydrogen) atoms. The van der Waals surface area contributed by atoms with E-state index in [2.05, 4.69) is 38.8 Å². The number of rotatable bonds is 0. The molecule has 0 spiro atoms. The van der Waals surface area contributed by atoms with E-state index in [0.29, 0.717) is 12.1 Å². The van der Waals surface area contributed by atoms with E-state index in [1.165, 1.54) is 11.1 Å². The van der Waals surface area contributed by atoms with Crippen LogP contribution in [0.15, 0.2) is 36.4 Å². The molecular weight excluding hydrogens is 387 g/mol. The van der Waals surface area contributed by atoms with Gasteiger partial charge in [0.2, 0.25) is 5.91 Å². The lowest BCUT2D eigenvalue weighted by Gasteiger charge is -2.10. The van der Waals surface area contributed by atoms with Crippen molar-refractivity contribution in [1.82, 2.24) is 0 Å². The molecule has 1 aliphatic carbocycles. The molecule has 1 aliphatic heterocycles. The molecule has 0 saturated heterocycles. The Morgan fingerprint density at radius 1 is 1.05 bits per heavy atom. The summed E-state index contributed by atoms with van der Waals surface area (Å²) < 4.78 is 1.15. The summed E-state index contributed by atoms with van der Waals surface area (Å²) in [7, 11) is 0. The zero-order valence-corrected chi connectivity index (χ0v) is 13.8. The zero-order valence-electron chi connectivity index (χ0n) is 11.6. The normalized spacial score (nSPS) is 15.4. The van der Waals surface area contributed by atoms with Crippen LogP contribution in [-0.4, -0.2) is 5.91 Å². The molecule has 0 atom stereocenters. The van der Waals surface area contributed by atoms with E-state index >= 15 is 0 Å². The maximum Gasteiger partial charge on any atom is 0.228 e. The summed E-state index contributed by atoms with van der Waals surface area (Å²) in [6, 6.07) is 11.9. The quantitative estimate of drug-likeness (QED) is 0.509. The first-order valence-corrected chi connectivity index (χ1v) is 8.06. The fourth-order valence-corrected chi connectivity index (χ4v) is 3.71. The lowest BCUT2D eigenvalue weighted by atomic mass is 9.98. The average Bonchev–Trinajstić information content (AvgIpc) is 2.80. The van der Waals surface area contributed by atoms with Crippen molar-refractivity contribution in [3.8, 4) is 0 Å². The fraction of sp³-hybridized carbons (Fsp3) is 0.111. The molecule has 106 valence electrons. The van der Waals surface area contributed by atoms with Gasteiger partial charge in [-0.25, -0.2) is 4.85 Å². The summed E-state index contributed by atoms with van der Waals surface area (Å²) in [6.07, 6.45) is 1.19. The second-order valence-electron chi connectivity index (χ2n) is 5.50. The number of anilines is 1. The van der Waals surface area contributed by atoms with Crippen LogP contribution in [-0.2, 0) is 11.2 Å². The number of fused-ring (bicyclic) bond motifs is 4. The van der Waals surface area contributed by atoms with Crippen LogP contribution in [0.3, 0.4) is 0 Å². The molecule has 0 saturated carbocycles. The molecule has 4 rings (SSSR count). The number of hydrogen-bond donors (Lipinski definition) is 1. The van der Waals surface area contributed by atoms with Crippen molar-refractivity contribution < 1.29 is 4.79 Å². The van der Waals surface area contributed by atoms with Crippen molar-refractivity contribution in [2.24, 2.45) is 0 Å². The predicted molar refractivity (Wildman–Crippen MR) is 95.6 cm³/mol. The molecule has 0 radical (unpaired) electrons. The molecule has 2 aromatic rings. The Labute approximate surface area is 142 Å². The first-order chi connectivity index (χ1) is 10.7. The van der Waals surface area contributed by atoms with E-state index in [-0.39, 0.29) is 5.91 Å². The monoisotopic (exact) mass is 398 g/mol. The number of nitrogens with zero attached hydrogens (tertiary/aromatic N) is 1. The van der Waals surface area contributed by atoms with Gasteiger partial charge in [0.15, 0.2) is 5.69 Å². The Balaban J connectivity index is 1.96. The second-order valence-corrected chi connectivity index (χ2v) is 6.75. The minimum Gasteiger partial charge on any atom is -0.325 e. The highest BCUT2D eigenvalue weighted by Crippen LogP contribution is 2.45. The van der Waals surface area contributed by atoms with Gasteiger partial charge in [-0.3, -0.25) is 4.79 Å². The van der Waals surface area contributed by atoms with Crippen LogP contribution in [0.25, 0.3) is 16.0 Å². The van der Waals surface area contributed by atoms with Gasteiger partial charge in [0.1, 0.15) is 0 Å². The van der Waals surface area contributed by atoms with Crippen LogP contribution >= 0.6 is 22.6 Å². The second kappa shape index (κ2) is 4.96. The van der Waals surface area contributed by atoms with E-state index in [1.54, 1.807) is 0 Å². The molecule has 1 N–H and O–H groups in total. The van der Waals surface area contributed by atoms with Crippen LogP contribution in [0.4, 0.5) is 11.4 Å². The third-order valence-electron chi connectivity index (χ3n) is 4.20. The van der Waals surface area contributed by atoms with E-state index in [4.69, 9.17) is 6.57 Å². The molecule has 4 heteroatoms. The number of amides is 1. The molecule has 0 fully saturated rings. The third-order valence-corrected chi connectivity index (χ3v) is 4.87. The van der Waals surface area contributed by atoms with Crippen LogP contribution in [0.2, 0.25) is 0 Å². The highest BCUT2D eigenvalue weighted by atomic mass is 127. The van der Waals surface area contributed by atoms with E-state index < -0.39 is 0 Å². The van der Waals surface area contributed by atoms with Gasteiger partial charge >= 0.3 is 0 Å². The maximum atomic E-state index is 12.2. The van der Waals surface area contributed by atoms with Gasteiger partial charge in [-0.05, 0) is 75.6 Å². The summed E-state index contributed by atoms with van der Waals surface area (Å²) in [5.41, 5.74) is 7.16. The summed E-state index contributed by atoms with van der Waals surface area (Å²) in [4.78, 5) is 15.7. The van der Waals surface area contributed by atoms with Gasteiger partial charge in [-0.1, -0.05) is 12.1 Å². The van der Waals surface area contributed by atoms with Crippen LogP contribution in [0.1, 0.15) is 23.1 Å². The number of benzene rings is 2. The van der Waals surface area contributed by atoms with Gasteiger partial charge in [0.05, 0.1) is 13.0 Å². The van der Waals surface area contributed by atoms with E-state index in [1.807, 2.05) is 30.3 Å². The van der Waals surface area contributed by atoms with Crippen LogP contribution < -0.4 is 5.32 Å². The van der Waals surface area contributed by atoms with Crippen molar-refractivity contribution in [2.75, 3.05) is 5.32 Å². The van der Waals surface area contributed by atoms with Crippen molar-refractivity contribution in [3.63, 3.8) is 0 Å². The number of hydrogen-bond acceptors (Lipinski definition) is 1. The molecule has 0 bridgehead atoms. The minimum absolute atomic E-state index is 0.00789. The smallest absolute Gasteiger partial charge is 0.228 e.